The van der Waals surface area contributed by atoms with Crippen LogP contribution in [0.25, 0.3) is 98.4 Å². The summed E-state index contributed by atoms with van der Waals surface area (Å²) >= 11 is 0. The Morgan fingerprint density at radius 1 is 0.206 bits per heavy atom. The van der Waals surface area contributed by atoms with Gasteiger partial charge in [0, 0.05) is 16.5 Å². The lowest BCUT2D eigenvalue weighted by Crippen LogP contribution is -2.11. The summed E-state index contributed by atoms with van der Waals surface area (Å²) < 4.78 is 0. The Bertz CT molecular complexity index is 3520. The molecule has 0 bridgehead atoms. The van der Waals surface area contributed by atoms with Crippen LogP contribution in [0.4, 0.5) is 17.1 Å². The van der Waals surface area contributed by atoms with E-state index in [4.69, 9.17) is 0 Å². The number of anilines is 3. The normalized spacial score (nSPS) is 11.5. The Kier molecular flexibility index (Phi) is 8.90. The lowest BCUT2D eigenvalue weighted by molar-refractivity contribution is 1.31. The monoisotopic (exact) mass is 799 g/mol. The molecular weight excluding hydrogens is 759 g/mol. The first-order chi connectivity index (χ1) is 31.2. The van der Waals surface area contributed by atoms with Gasteiger partial charge in [-0.25, -0.2) is 0 Å². The fourth-order valence-electron chi connectivity index (χ4n) is 9.81. The zero-order valence-electron chi connectivity index (χ0n) is 34.6. The molecule has 0 radical (unpaired) electrons. The molecule has 1 nitrogen and oxygen atoms in total. The minimum Gasteiger partial charge on any atom is -0.309 e. The van der Waals surface area contributed by atoms with Crippen molar-refractivity contribution < 1.29 is 0 Å². The molecule has 0 aliphatic rings. The lowest BCUT2D eigenvalue weighted by Gasteiger charge is -2.28. The van der Waals surface area contributed by atoms with E-state index < -0.39 is 0 Å². The number of hydrogen-bond donors (Lipinski definition) is 0. The molecule has 0 N–H and O–H groups in total. The molecule has 0 aliphatic carbocycles. The van der Waals surface area contributed by atoms with E-state index in [2.05, 4.69) is 254 Å². The molecule has 0 spiro atoms. The van der Waals surface area contributed by atoms with Crippen molar-refractivity contribution in [1.29, 1.82) is 0 Å². The van der Waals surface area contributed by atoms with Gasteiger partial charge in [-0.2, -0.15) is 0 Å². The van der Waals surface area contributed by atoms with Crippen LogP contribution in [-0.2, 0) is 0 Å². The molecule has 0 aliphatic heterocycles. The molecule has 0 heterocycles. The third kappa shape index (κ3) is 6.42. The second-order valence-corrected chi connectivity index (χ2v) is 16.4. The molecule has 294 valence electrons. The van der Waals surface area contributed by atoms with Gasteiger partial charge in [0.05, 0.1) is 11.4 Å². The van der Waals surface area contributed by atoms with Crippen molar-refractivity contribution in [3.05, 3.63) is 249 Å². The number of fused-ring (bicyclic) bond motifs is 7. The smallest absolute Gasteiger partial charge is 0.0540 e. The standard InChI is InChI=1S/C62H41N/c1-3-17-42(18-4-1)47-37-48(43-19-5-2-6-20-43)39-49(38-47)58-41-60-55-29-13-11-27-53(55)57(40-59(60)56-30-14-12-28-54(56)58)46-33-35-50(36-34-46)63(61-31-15-23-44-21-7-9-25-51(44)61)62-32-16-24-45-22-8-10-26-52(45)62/h1-41H. The molecule has 0 fully saturated rings. The Hall–Kier alpha value is -8.26. The van der Waals surface area contributed by atoms with Crippen LogP contribution in [0.15, 0.2) is 249 Å². The molecule has 0 aromatic heterocycles. The van der Waals surface area contributed by atoms with Gasteiger partial charge in [0.15, 0.2) is 0 Å². The molecular formula is C62H41N. The van der Waals surface area contributed by atoms with Crippen LogP contribution in [-0.4, -0.2) is 0 Å². The third-order valence-electron chi connectivity index (χ3n) is 12.8. The van der Waals surface area contributed by atoms with Crippen molar-refractivity contribution in [3.63, 3.8) is 0 Å². The van der Waals surface area contributed by atoms with Gasteiger partial charge in [0.1, 0.15) is 0 Å². The molecule has 12 rings (SSSR count). The molecule has 0 saturated heterocycles. The SMILES string of the molecule is c1ccc(-c2cc(-c3ccccc3)cc(-c3cc4c5ccccc5c(-c5ccc(N(c6cccc7ccccc67)c6cccc7ccccc67)cc5)cc4c4ccccc34)c2)cc1. The second-order valence-electron chi connectivity index (χ2n) is 16.4. The highest BCUT2D eigenvalue weighted by Gasteiger charge is 2.20. The van der Waals surface area contributed by atoms with Crippen LogP contribution in [0.5, 0.6) is 0 Å². The number of benzene rings is 12. The fraction of sp³-hybridized carbons (Fsp3) is 0. The number of nitrogens with zero attached hydrogens (tertiary/aromatic N) is 1. The fourth-order valence-corrected chi connectivity index (χ4v) is 9.81. The van der Waals surface area contributed by atoms with Gasteiger partial charge in [-0.3, -0.25) is 0 Å². The summed E-state index contributed by atoms with van der Waals surface area (Å²) in [5.41, 5.74) is 13.1. The summed E-state index contributed by atoms with van der Waals surface area (Å²) in [5.74, 6) is 0. The predicted octanol–water partition coefficient (Wildman–Crippen LogP) is 17.6. The van der Waals surface area contributed by atoms with Crippen LogP contribution < -0.4 is 4.90 Å². The molecule has 0 amide bonds. The zero-order chi connectivity index (χ0) is 41.7. The van der Waals surface area contributed by atoms with Crippen molar-refractivity contribution in [2.24, 2.45) is 0 Å². The number of rotatable bonds is 7. The van der Waals surface area contributed by atoms with Crippen molar-refractivity contribution in [3.8, 4) is 44.5 Å². The van der Waals surface area contributed by atoms with Gasteiger partial charge in [0.25, 0.3) is 0 Å². The van der Waals surface area contributed by atoms with Crippen molar-refractivity contribution in [1.82, 2.24) is 0 Å². The topological polar surface area (TPSA) is 3.24 Å². The van der Waals surface area contributed by atoms with E-state index in [-0.39, 0.29) is 0 Å². The van der Waals surface area contributed by atoms with E-state index in [1.807, 2.05) is 0 Å². The van der Waals surface area contributed by atoms with Crippen molar-refractivity contribution in [2.45, 2.75) is 0 Å². The van der Waals surface area contributed by atoms with Crippen molar-refractivity contribution in [2.75, 3.05) is 4.90 Å². The Morgan fingerprint density at radius 3 is 1.08 bits per heavy atom. The summed E-state index contributed by atoms with van der Waals surface area (Å²) in [6.07, 6.45) is 0. The van der Waals surface area contributed by atoms with E-state index in [0.717, 1.165) is 17.1 Å². The highest BCUT2D eigenvalue weighted by atomic mass is 15.1. The van der Waals surface area contributed by atoms with Gasteiger partial charge in [-0.15, -0.1) is 0 Å². The summed E-state index contributed by atoms with van der Waals surface area (Å²) in [4.78, 5) is 2.43. The highest BCUT2D eigenvalue weighted by Crippen LogP contribution is 2.46. The maximum atomic E-state index is 2.44. The molecule has 0 saturated carbocycles. The largest absolute Gasteiger partial charge is 0.309 e. The molecule has 0 atom stereocenters. The Morgan fingerprint density at radius 2 is 0.587 bits per heavy atom. The first kappa shape index (κ1) is 36.6. The summed E-state index contributed by atoms with van der Waals surface area (Å²) in [5, 5.41) is 12.3. The zero-order valence-corrected chi connectivity index (χ0v) is 34.6. The molecule has 63 heavy (non-hydrogen) atoms. The first-order valence-corrected chi connectivity index (χ1v) is 21.7. The summed E-state index contributed by atoms with van der Waals surface area (Å²) in [7, 11) is 0. The van der Waals surface area contributed by atoms with Crippen LogP contribution in [0.2, 0.25) is 0 Å². The molecule has 1 heteroatoms. The lowest BCUT2D eigenvalue weighted by atomic mass is 9.86. The summed E-state index contributed by atoms with van der Waals surface area (Å²) in [6, 6.07) is 91.1. The van der Waals surface area contributed by atoms with E-state index in [1.165, 1.54) is 98.4 Å². The van der Waals surface area contributed by atoms with Gasteiger partial charge in [-0.1, -0.05) is 194 Å². The van der Waals surface area contributed by atoms with Crippen LogP contribution in [0, 0.1) is 0 Å². The van der Waals surface area contributed by atoms with Gasteiger partial charge in [0.2, 0.25) is 0 Å². The van der Waals surface area contributed by atoms with E-state index >= 15 is 0 Å². The average Bonchev–Trinajstić information content (AvgIpc) is 3.36. The molecule has 0 unspecified atom stereocenters. The van der Waals surface area contributed by atoms with Crippen molar-refractivity contribution >= 4 is 70.9 Å². The maximum Gasteiger partial charge on any atom is 0.0540 e. The van der Waals surface area contributed by atoms with Crippen LogP contribution >= 0.6 is 0 Å². The average molecular weight is 800 g/mol. The highest BCUT2D eigenvalue weighted by molar-refractivity contribution is 6.24. The van der Waals surface area contributed by atoms with E-state index in [1.54, 1.807) is 0 Å². The summed E-state index contributed by atoms with van der Waals surface area (Å²) in [6.45, 7) is 0. The Balaban J connectivity index is 1.04. The minimum absolute atomic E-state index is 1.11. The molecule has 12 aromatic carbocycles. The Labute approximate surface area is 367 Å². The first-order valence-electron chi connectivity index (χ1n) is 21.7. The third-order valence-corrected chi connectivity index (χ3v) is 12.8. The molecule has 12 aromatic rings. The van der Waals surface area contributed by atoms with Gasteiger partial charge >= 0.3 is 0 Å². The quantitative estimate of drug-likeness (QED) is 0.145. The number of hydrogen-bond acceptors (Lipinski definition) is 1. The van der Waals surface area contributed by atoms with Gasteiger partial charge in [-0.05, 0) is 142 Å². The van der Waals surface area contributed by atoms with E-state index in [9.17, 15) is 0 Å². The van der Waals surface area contributed by atoms with E-state index in [0.29, 0.717) is 0 Å². The predicted molar refractivity (Wildman–Crippen MR) is 270 cm³/mol. The van der Waals surface area contributed by atoms with Gasteiger partial charge < -0.3 is 4.90 Å². The minimum atomic E-state index is 1.11. The second kappa shape index (κ2) is 15.3. The maximum absolute atomic E-state index is 2.44. The van der Waals surface area contributed by atoms with Crippen LogP contribution in [0.3, 0.4) is 0 Å². The van der Waals surface area contributed by atoms with Crippen LogP contribution in [0.1, 0.15) is 0 Å².